The zero-order valence-electron chi connectivity index (χ0n) is 20.8. The number of nitrogens with zero attached hydrogens (tertiary/aromatic N) is 1. The van der Waals surface area contributed by atoms with Gasteiger partial charge in [0.25, 0.3) is 0 Å². The van der Waals surface area contributed by atoms with Gasteiger partial charge in [-0.2, -0.15) is 0 Å². The Hall–Kier alpha value is -3.39. The lowest BCUT2D eigenvalue weighted by atomic mass is 9.94. The van der Waals surface area contributed by atoms with Crippen molar-refractivity contribution in [2.45, 2.75) is 71.1 Å². The first-order valence-corrected chi connectivity index (χ1v) is 12.1. The predicted octanol–water partition coefficient (Wildman–Crippen LogP) is 2.48. The van der Waals surface area contributed by atoms with Gasteiger partial charge < -0.3 is 26.8 Å². The van der Waals surface area contributed by atoms with E-state index in [9.17, 15) is 19.5 Å². The zero-order valence-corrected chi connectivity index (χ0v) is 20.8. The molecule has 190 valence electrons. The van der Waals surface area contributed by atoms with Crippen molar-refractivity contribution >= 4 is 17.7 Å². The molecule has 8 nitrogen and oxygen atoms in total. The van der Waals surface area contributed by atoms with Crippen LogP contribution in [-0.4, -0.2) is 45.9 Å². The number of primary amides is 1. The van der Waals surface area contributed by atoms with E-state index in [0.717, 1.165) is 17.5 Å². The molecule has 0 aromatic heterocycles. The smallest absolute Gasteiger partial charge is 0.246 e. The molecule has 0 aliphatic carbocycles. The van der Waals surface area contributed by atoms with Crippen LogP contribution in [0.5, 0.6) is 5.75 Å². The fourth-order valence-electron chi connectivity index (χ4n) is 4.05. The molecule has 0 aliphatic rings. The molecule has 0 unspecified atom stereocenters. The Kier molecular flexibility index (Phi) is 10.7. The van der Waals surface area contributed by atoms with Crippen molar-refractivity contribution in [2.24, 2.45) is 17.4 Å². The van der Waals surface area contributed by atoms with Crippen LogP contribution >= 0.6 is 0 Å². The van der Waals surface area contributed by atoms with Crippen molar-refractivity contribution in [3.8, 4) is 5.75 Å². The minimum absolute atomic E-state index is 0.0990. The molecule has 0 saturated carbocycles. The number of benzene rings is 2. The largest absolute Gasteiger partial charge is 0.508 e. The van der Waals surface area contributed by atoms with E-state index >= 15 is 0 Å². The van der Waals surface area contributed by atoms with E-state index in [1.54, 1.807) is 12.1 Å². The molecule has 35 heavy (non-hydrogen) atoms. The lowest BCUT2D eigenvalue weighted by molar-refractivity contribution is -0.145. The van der Waals surface area contributed by atoms with Crippen molar-refractivity contribution in [3.63, 3.8) is 0 Å². The maximum absolute atomic E-state index is 14.0. The summed E-state index contributed by atoms with van der Waals surface area (Å²) in [5.41, 5.74) is 13.4. The number of phenols is 1. The standard InChI is InChI=1S/C27H38N4O4/c1-4-9-22(28)26(34)30-23(16-19-12-14-21(32)15-13-19)27(35)31(17-20-10-7-6-8-11-20)24(25(29)33)18(3)5-2/h6-8,10-15,18,22-24,32H,4-5,9,16-17,28H2,1-3H3,(H2,29,33)(H,30,34)/t18-,22-,23-,24-/m0/s1. The minimum atomic E-state index is -0.968. The number of phenolic OH excluding ortho intramolecular Hbond substituents is 1. The molecule has 6 N–H and O–H groups in total. The van der Waals surface area contributed by atoms with Gasteiger partial charge in [-0.15, -0.1) is 0 Å². The van der Waals surface area contributed by atoms with Gasteiger partial charge in [0.1, 0.15) is 17.8 Å². The van der Waals surface area contributed by atoms with E-state index in [2.05, 4.69) is 5.32 Å². The third kappa shape index (κ3) is 8.10. The molecular weight excluding hydrogens is 444 g/mol. The van der Waals surface area contributed by atoms with Gasteiger partial charge in [0.15, 0.2) is 0 Å². The summed E-state index contributed by atoms with van der Waals surface area (Å²) >= 11 is 0. The average Bonchev–Trinajstić information content (AvgIpc) is 2.84. The van der Waals surface area contributed by atoms with Crippen LogP contribution in [0, 0.1) is 5.92 Å². The molecule has 2 aromatic rings. The fraction of sp³-hybridized carbons (Fsp3) is 0.444. The first-order valence-electron chi connectivity index (χ1n) is 12.1. The molecule has 2 aromatic carbocycles. The van der Waals surface area contributed by atoms with Crippen molar-refractivity contribution in [3.05, 3.63) is 65.7 Å². The third-order valence-electron chi connectivity index (χ3n) is 6.22. The molecule has 2 rings (SSSR count). The van der Waals surface area contributed by atoms with E-state index in [1.807, 2.05) is 51.1 Å². The molecule has 0 radical (unpaired) electrons. The number of aromatic hydroxyl groups is 1. The van der Waals surface area contributed by atoms with Gasteiger partial charge >= 0.3 is 0 Å². The van der Waals surface area contributed by atoms with Gasteiger partial charge in [0.2, 0.25) is 17.7 Å². The van der Waals surface area contributed by atoms with E-state index in [1.165, 1.54) is 17.0 Å². The highest BCUT2D eigenvalue weighted by Crippen LogP contribution is 2.21. The van der Waals surface area contributed by atoms with Crippen LogP contribution in [0.4, 0.5) is 0 Å². The zero-order chi connectivity index (χ0) is 26.0. The molecule has 0 bridgehead atoms. The van der Waals surface area contributed by atoms with Gasteiger partial charge in [0.05, 0.1) is 6.04 Å². The van der Waals surface area contributed by atoms with Gasteiger partial charge in [-0.25, -0.2) is 0 Å². The summed E-state index contributed by atoms with van der Waals surface area (Å²) in [4.78, 5) is 40.9. The van der Waals surface area contributed by atoms with Crippen LogP contribution in [0.2, 0.25) is 0 Å². The van der Waals surface area contributed by atoms with Gasteiger partial charge in [-0.1, -0.05) is 76.1 Å². The van der Waals surface area contributed by atoms with Crippen molar-refractivity contribution in [1.29, 1.82) is 0 Å². The lowest BCUT2D eigenvalue weighted by Crippen LogP contribution is -2.58. The first-order chi connectivity index (χ1) is 16.7. The Morgan fingerprint density at radius 3 is 2.17 bits per heavy atom. The molecule has 4 atom stereocenters. The SMILES string of the molecule is CCC[C@H](N)C(=O)N[C@@H](Cc1ccc(O)cc1)C(=O)N(Cc1ccccc1)[C@H](C(N)=O)[C@@H](C)CC. The molecule has 0 saturated heterocycles. The summed E-state index contributed by atoms with van der Waals surface area (Å²) in [6, 6.07) is 13.2. The second-order valence-corrected chi connectivity index (χ2v) is 9.01. The molecular formula is C27H38N4O4. The minimum Gasteiger partial charge on any atom is -0.508 e. The first kappa shape index (κ1) is 27.9. The fourth-order valence-corrected chi connectivity index (χ4v) is 4.05. The Balaban J connectivity index is 2.46. The highest BCUT2D eigenvalue weighted by Gasteiger charge is 2.36. The monoisotopic (exact) mass is 482 g/mol. The number of carbonyl (C=O) groups excluding carboxylic acids is 3. The van der Waals surface area contributed by atoms with Crippen LogP contribution < -0.4 is 16.8 Å². The number of rotatable bonds is 13. The molecule has 0 fully saturated rings. The number of nitrogens with one attached hydrogen (secondary N) is 1. The Morgan fingerprint density at radius 1 is 1.00 bits per heavy atom. The van der Waals surface area contributed by atoms with Crippen LogP contribution in [0.15, 0.2) is 54.6 Å². The van der Waals surface area contributed by atoms with Crippen LogP contribution in [0.3, 0.4) is 0 Å². The molecule has 0 heterocycles. The summed E-state index contributed by atoms with van der Waals surface area (Å²) in [7, 11) is 0. The predicted molar refractivity (Wildman–Crippen MR) is 136 cm³/mol. The Morgan fingerprint density at radius 2 is 1.63 bits per heavy atom. The van der Waals surface area contributed by atoms with Crippen LogP contribution in [0.25, 0.3) is 0 Å². The maximum Gasteiger partial charge on any atom is 0.246 e. The van der Waals surface area contributed by atoms with Gasteiger partial charge in [-0.3, -0.25) is 14.4 Å². The summed E-state index contributed by atoms with van der Waals surface area (Å²) in [5.74, 6) is -1.53. The Labute approximate surface area is 207 Å². The molecule has 3 amide bonds. The molecule has 0 aliphatic heterocycles. The number of hydrogen-bond donors (Lipinski definition) is 4. The van der Waals surface area contributed by atoms with Gasteiger partial charge in [0, 0.05) is 13.0 Å². The van der Waals surface area contributed by atoms with Crippen LogP contribution in [-0.2, 0) is 27.3 Å². The summed E-state index contributed by atoms with van der Waals surface area (Å²) in [6.45, 7) is 5.91. The van der Waals surface area contributed by atoms with E-state index in [4.69, 9.17) is 11.5 Å². The number of nitrogens with two attached hydrogens (primary N) is 2. The van der Waals surface area contributed by atoms with Crippen LogP contribution in [0.1, 0.15) is 51.2 Å². The third-order valence-corrected chi connectivity index (χ3v) is 6.22. The molecule has 0 spiro atoms. The normalized spacial score (nSPS) is 14.4. The maximum atomic E-state index is 14.0. The average molecular weight is 483 g/mol. The van der Waals surface area contributed by atoms with Crippen molar-refractivity contribution in [1.82, 2.24) is 10.2 Å². The van der Waals surface area contributed by atoms with Gasteiger partial charge in [-0.05, 0) is 35.6 Å². The van der Waals surface area contributed by atoms with E-state index in [0.29, 0.717) is 12.8 Å². The Bertz CT molecular complexity index is 965. The molecule has 8 heteroatoms. The second kappa shape index (κ2) is 13.5. The number of hydrogen-bond acceptors (Lipinski definition) is 5. The highest BCUT2D eigenvalue weighted by atomic mass is 16.3. The summed E-state index contributed by atoms with van der Waals surface area (Å²) in [5, 5.41) is 12.5. The topological polar surface area (TPSA) is 139 Å². The quantitative estimate of drug-likeness (QED) is 0.347. The lowest BCUT2D eigenvalue weighted by Gasteiger charge is -2.36. The number of amides is 3. The van der Waals surface area contributed by atoms with Crippen molar-refractivity contribution in [2.75, 3.05) is 0 Å². The van der Waals surface area contributed by atoms with Crippen molar-refractivity contribution < 1.29 is 19.5 Å². The van der Waals surface area contributed by atoms with E-state index in [-0.39, 0.29) is 24.6 Å². The summed E-state index contributed by atoms with van der Waals surface area (Å²) < 4.78 is 0. The second-order valence-electron chi connectivity index (χ2n) is 9.01. The van der Waals surface area contributed by atoms with E-state index < -0.39 is 35.8 Å². The summed E-state index contributed by atoms with van der Waals surface area (Å²) in [6.07, 6.45) is 2.02. The number of carbonyl (C=O) groups is 3. The highest BCUT2D eigenvalue weighted by molar-refractivity contribution is 5.93.